The molecule has 5 rings (SSSR count). The summed E-state index contributed by atoms with van der Waals surface area (Å²) in [6.45, 7) is 9.44. The van der Waals surface area contributed by atoms with Gasteiger partial charge in [0.15, 0.2) is 11.6 Å². The van der Waals surface area contributed by atoms with E-state index >= 15 is 0 Å². The molecule has 0 aliphatic carbocycles. The number of hydrogen-bond donors (Lipinski definition) is 2. The van der Waals surface area contributed by atoms with Gasteiger partial charge in [-0.05, 0) is 62.7 Å². The third-order valence-corrected chi connectivity index (χ3v) is 7.34. The highest BCUT2D eigenvalue weighted by Gasteiger charge is 2.19. The monoisotopic (exact) mass is 584 g/mol. The van der Waals surface area contributed by atoms with Crippen LogP contribution in [0.5, 0.6) is 17.4 Å². The topological polar surface area (TPSA) is 91.8 Å². The van der Waals surface area contributed by atoms with Crippen molar-refractivity contribution in [1.29, 1.82) is 0 Å². The van der Waals surface area contributed by atoms with Crippen molar-refractivity contribution < 1.29 is 18.7 Å². The van der Waals surface area contributed by atoms with Crippen molar-refractivity contribution in [2.75, 3.05) is 57.0 Å². The van der Waals surface area contributed by atoms with Crippen LogP contribution in [-0.4, -0.2) is 72.1 Å². The maximum absolute atomic E-state index is 14.9. The van der Waals surface area contributed by atoms with Crippen LogP contribution in [0.25, 0.3) is 0 Å². The molecular formula is C33H37FN6O3. The van der Waals surface area contributed by atoms with Crippen molar-refractivity contribution in [3.05, 3.63) is 95.4 Å². The summed E-state index contributed by atoms with van der Waals surface area (Å²) in [6, 6.07) is 19.4. The second kappa shape index (κ2) is 14.1. The Morgan fingerprint density at radius 1 is 0.977 bits per heavy atom. The first-order valence-corrected chi connectivity index (χ1v) is 14.4. The molecule has 0 unspecified atom stereocenters. The Kier molecular flexibility index (Phi) is 9.81. The van der Waals surface area contributed by atoms with Crippen LogP contribution >= 0.6 is 0 Å². The van der Waals surface area contributed by atoms with Crippen LogP contribution in [0.1, 0.15) is 27.9 Å². The van der Waals surface area contributed by atoms with E-state index < -0.39 is 11.7 Å². The molecule has 224 valence electrons. The normalized spacial score (nSPS) is 13.9. The number of hydrogen-bond acceptors (Lipinski definition) is 8. The van der Waals surface area contributed by atoms with Gasteiger partial charge in [-0.15, -0.1) is 0 Å². The lowest BCUT2D eigenvalue weighted by Crippen LogP contribution is -2.44. The molecule has 0 saturated carbocycles. The van der Waals surface area contributed by atoms with E-state index in [1.807, 2.05) is 50.2 Å². The molecule has 1 fully saturated rings. The van der Waals surface area contributed by atoms with E-state index in [4.69, 9.17) is 9.47 Å². The fourth-order valence-electron chi connectivity index (χ4n) is 4.82. The minimum absolute atomic E-state index is 0.0632. The van der Waals surface area contributed by atoms with Gasteiger partial charge in [-0.3, -0.25) is 4.79 Å². The Hall–Kier alpha value is -4.54. The number of likely N-dealkylation sites (N-methyl/N-ethyl adjacent to an activating group) is 1. The summed E-state index contributed by atoms with van der Waals surface area (Å²) in [6.07, 6.45) is 2.22. The number of nitrogens with zero attached hydrogens (tertiary/aromatic N) is 4. The van der Waals surface area contributed by atoms with Crippen molar-refractivity contribution in [3.63, 3.8) is 0 Å². The van der Waals surface area contributed by atoms with Gasteiger partial charge in [0, 0.05) is 56.4 Å². The average molecular weight is 585 g/mol. The minimum Gasteiger partial charge on any atom is -0.490 e. The molecule has 1 saturated heterocycles. The number of carbonyl (C=O) groups is 1. The Morgan fingerprint density at radius 3 is 2.44 bits per heavy atom. The smallest absolute Gasteiger partial charge is 0.262 e. The summed E-state index contributed by atoms with van der Waals surface area (Å²) in [4.78, 5) is 26.8. The maximum Gasteiger partial charge on any atom is 0.262 e. The summed E-state index contributed by atoms with van der Waals surface area (Å²) in [7, 11) is 2.13. The second-order valence-corrected chi connectivity index (χ2v) is 10.7. The molecule has 3 aromatic carbocycles. The molecule has 2 N–H and O–H groups in total. The van der Waals surface area contributed by atoms with E-state index in [1.165, 1.54) is 12.3 Å². The third kappa shape index (κ3) is 8.06. The first-order chi connectivity index (χ1) is 20.9. The molecule has 1 amide bonds. The van der Waals surface area contributed by atoms with Gasteiger partial charge in [-0.2, -0.15) is 4.98 Å². The summed E-state index contributed by atoms with van der Waals surface area (Å²) < 4.78 is 26.6. The lowest BCUT2D eigenvalue weighted by Gasteiger charge is -2.32. The molecular weight excluding hydrogens is 547 g/mol. The molecule has 2 heterocycles. The number of aryl methyl sites for hydroxylation is 2. The van der Waals surface area contributed by atoms with Crippen LogP contribution in [0, 0.1) is 19.7 Å². The Morgan fingerprint density at radius 2 is 1.72 bits per heavy atom. The molecule has 0 bridgehead atoms. The predicted octanol–water partition coefficient (Wildman–Crippen LogP) is 6.04. The molecule has 43 heavy (non-hydrogen) atoms. The van der Waals surface area contributed by atoms with Crippen LogP contribution in [0.4, 0.5) is 21.7 Å². The van der Waals surface area contributed by atoms with Gasteiger partial charge in [-0.1, -0.05) is 36.4 Å². The first-order valence-electron chi connectivity index (χ1n) is 14.4. The molecule has 10 heteroatoms. The SMILES string of the molecule is Cc1cccc(C)c1NC(=O)c1cnc(Nc2ccc(OCCCN3CCN(C)CC3)c(F)c2)nc1Oc1ccccc1. The zero-order chi connectivity index (χ0) is 30.2. The standard InChI is InChI=1S/C33H37FN6O3/c1-23-9-7-10-24(2)30(23)37-31(41)27-22-35-33(38-32(27)43-26-11-5-4-6-12-26)36-25-13-14-29(28(34)21-25)42-20-8-15-40-18-16-39(3)17-19-40/h4-7,9-14,21-22H,8,15-20H2,1-3H3,(H,37,41)(H,35,36,38). The fourth-order valence-corrected chi connectivity index (χ4v) is 4.82. The summed E-state index contributed by atoms with van der Waals surface area (Å²) in [5.41, 5.74) is 3.17. The van der Waals surface area contributed by atoms with Crippen molar-refractivity contribution in [1.82, 2.24) is 19.8 Å². The summed E-state index contributed by atoms with van der Waals surface area (Å²) in [5.74, 6) is 0.0120. The molecule has 9 nitrogen and oxygen atoms in total. The van der Waals surface area contributed by atoms with Crippen molar-refractivity contribution in [2.45, 2.75) is 20.3 Å². The maximum atomic E-state index is 14.9. The van der Waals surface area contributed by atoms with Crippen LogP contribution in [0.2, 0.25) is 0 Å². The third-order valence-electron chi connectivity index (χ3n) is 7.34. The highest BCUT2D eigenvalue weighted by atomic mass is 19.1. The molecule has 0 radical (unpaired) electrons. The second-order valence-electron chi connectivity index (χ2n) is 10.7. The van der Waals surface area contributed by atoms with E-state index in [1.54, 1.807) is 24.3 Å². The largest absolute Gasteiger partial charge is 0.490 e. The van der Waals surface area contributed by atoms with Gasteiger partial charge in [-0.25, -0.2) is 9.37 Å². The number of halogens is 1. The predicted molar refractivity (Wildman–Crippen MR) is 166 cm³/mol. The van der Waals surface area contributed by atoms with Crippen LogP contribution in [0.3, 0.4) is 0 Å². The Bertz CT molecular complexity index is 1520. The molecule has 1 aliphatic rings. The van der Waals surface area contributed by atoms with Crippen LogP contribution < -0.4 is 20.1 Å². The molecule has 0 spiro atoms. The summed E-state index contributed by atoms with van der Waals surface area (Å²) >= 11 is 0. The van der Waals surface area contributed by atoms with Gasteiger partial charge in [0.05, 0.1) is 6.61 Å². The van der Waals surface area contributed by atoms with E-state index in [-0.39, 0.29) is 23.1 Å². The Labute approximate surface area is 251 Å². The molecule has 1 aliphatic heterocycles. The van der Waals surface area contributed by atoms with Crippen LogP contribution in [0.15, 0.2) is 72.9 Å². The number of aromatic nitrogens is 2. The zero-order valence-corrected chi connectivity index (χ0v) is 24.8. The van der Waals surface area contributed by atoms with Crippen LogP contribution in [-0.2, 0) is 0 Å². The molecule has 1 aromatic heterocycles. The molecule has 0 atom stereocenters. The van der Waals surface area contributed by atoms with Gasteiger partial charge in [0.2, 0.25) is 11.8 Å². The van der Waals surface area contributed by atoms with Crippen molar-refractivity contribution >= 4 is 23.2 Å². The average Bonchev–Trinajstić information content (AvgIpc) is 3.00. The number of nitrogens with one attached hydrogen (secondary N) is 2. The number of piperazine rings is 1. The van der Waals surface area contributed by atoms with Gasteiger partial charge in [0.25, 0.3) is 5.91 Å². The fraction of sp³-hybridized carbons (Fsp3) is 0.303. The number of ether oxygens (including phenoxy) is 2. The van der Waals surface area contributed by atoms with Gasteiger partial charge in [0.1, 0.15) is 11.3 Å². The zero-order valence-electron chi connectivity index (χ0n) is 24.8. The highest BCUT2D eigenvalue weighted by Crippen LogP contribution is 2.28. The lowest BCUT2D eigenvalue weighted by atomic mass is 10.1. The highest BCUT2D eigenvalue weighted by molar-refractivity contribution is 6.06. The van der Waals surface area contributed by atoms with Gasteiger partial charge >= 0.3 is 0 Å². The molecule has 4 aromatic rings. The quantitative estimate of drug-likeness (QED) is 0.206. The van der Waals surface area contributed by atoms with E-state index in [9.17, 15) is 9.18 Å². The number of para-hydroxylation sites is 2. The van der Waals surface area contributed by atoms with E-state index in [0.29, 0.717) is 18.0 Å². The Balaban J connectivity index is 1.26. The number of anilines is 3. The first kappa shape index (κ1) is 29.9. The number of carbonyl (C=O) groups excluding carboxylic acids is 1. The number of benzene rings is 3. The lowest BCUT2D eigenvalue weighted by molar-refractivity contribution is 0.102. The summed E-state index contributed by atoms with van der Waals surface area (Å²) in [5, 5.41) is 5.96. The van der Waals surface area contributed by atoms with Crippen molar-refractivity contribution in [3.8, 4) is 17.4 Å². The van der Waals surface area contributed by atoms with Gasteiger partial charge < -0.3 is 29.9 Å². The van der Waals surface area contributed by atoms with Crippen molar-refractivity contribution in [2.24, 2.45) is 0 Å². The van der Waals surface area contributed by atoms with E-state index in [2.05, 4.69) is 37.4 Å². The van der Waals surface area contributed by atoms with E-state index in [0.717, 1.165) is 56.0 Å². The number of amides is 1. The minimum atomic E-state index is -0.491. The number of rotatable bonds is 11.